The minimum atomic E-state index is -0.295. The lowest BCUT2D eigenvalue weighted by Crippen LogP contribution is -2.34. The summed E-state index contributed by atoms with van der Waals surface area (Å²) in [5.41, 5.74) is 1.00. The second-order valence-corrected chi connectivity index (χ2v) is 7.45. The van der Waals surface area contributed by atoms with E-state index in [1.54, 1.807) is 41.3 Å². The van der Waals surface area contributed by atoms with E-state index in [9.17, 15) is 14.0 Å². The van der Waals surface area contributed by atoms with Crippen LogP contribution in [0.5, 0.6) is 0 Å². The Morgan fingerprint density at radius 1 is 1.11 bits per heavy atom. The van der Waals surface area contributed by atoms with Crippen molar-refractivity contribution in [3.05, 3.63) is 76.0 Å². The summed E-state index contributed by atoms with van der Waals surface area (Å²) >= 11 is 0. The fourth-order valence-corrected chi connectivity index (χ4v) is 3.89. The molecule has 0 bridgehead atoms. The van der Waals surface area contributed by atoms with Gasteiger partial charge in [-0.05, 0) is 50.5 Å². The van der Waals surface area contributed by atoms with Gasteiger partial charge in [-0.15, -0.1) is 0 Å². The molecule has 1 aromatic heterocycles. The number of nitrogens with zero attached hydrogens (tertiary/aromatic N) is 3. The monoisotopic (exact) mass is 379 g/mol. The van der Waals surface area contributed by atoms with E-state index in [0.717, 1.165) is 18.4 Å². The Kier molecular flexibility index (Phi) is 4.71. The minimum Gasteiger partial charge on any atom is -0.330 e. The standard InChI is InChI=1S/C22H22FN3O2/c1-14(2)26-21(27)18-7-4-3-6-17(18)20(24-26)22(28)25-13-5-8-19(25)15-9-11-16(23)12-10-15/h3-4,6-7,9-12,14,19H,5,8,13H2,1-2H3. The Morgan fingerprint density at radius 2 is 1.79 bits per heavy atom. The second-order valence-electron chi connectivity index (χ2n) is 7.45. The van der Waals surface area contributed by atoms with Crippen LogP contribution < -0.4 is 5.56 Å². The molecule has 4 rings (SSSR count). The summed E-state index contributed by atoms with van der Waals surface area (Å²) in [5, 5.41) is 5.50. The predicted octanol–water partition coefficient (Wildman–Crippen LogP) is 4.09. The van der Waals surface area contributed by atoms with Crippen LogP contribution in [-0.4, -0.2) is 27.1 Å². The number of aromatic nitrogens is 2. The number of hydrogen-bond acceptors (Lipinski definition) is 3. The van der Waals surface area contributed by atoms with Gasteiger partial charge in [-0.3, -0.25) is 9.59 Å². The summed E-state index contributed by atoms with van der Waals surface area (Å²) in [4.78, 5) is 28.0. The number of carbonyl (C=O) groups is 1. The van der Waals surface area contributed by atoms with Crippen molar-refractivity contribution in [2.24, 2.45) is 0 Å². The van der Waals surface area contributed by atoms with E-state index < -0.39 is 0 Å². The number of amides is 1. The largest absolute Gasteiger partial charge is 0.330 e. The quantitative estimate of drug-likeness (QED) is 0.689. The third kappa shape index (κ3) is 3.09. The predicted molar refractivity (Wildman–Crippen MR) is 106 cm³/mol. The normalized spacial score (nSPS) is 16.9. The van der Waals surface area contributed by atoms with Gasteiger partial charge in [0.25, 0.3) is 11.5 Å². The lowest BCUT2D eigenvalue weighted by Gasteiger charge is -2.25. The first-order valence-corrected chi connectivity index (χ1v) is 9.55. The molecule has 0 spiro atoms. The molecule has 0 N–H and O–H groups in total. The van der Waals surface area contributed by atoms with Crippen molar-refractivity contribution in [1.29, 1.82) is 0 Å². The van der Waals surface area contributed by atoms with Crippen molar-refractivity contribution in [3.8, 4) is 0 Å². The summed E-state index contributed by atoms with van der Waals surface area (Å²) in [6, 6.07) is 13.1. The highest BCUT2D eigenvalue weighted by molar-refractivity contribution is 6.05. The van der Waals surface area contributed by atoms with Crippen molar-refractivity contribution in [1.82, 2.24) is 14.7 Å². The van der Waals surface area contributed by atoms with Crippen LogP contribution in [0.1, 0.15) is 54.8 Å². The molecule has 5 nitrogen and oxygen atoms in total. The molecule has 2 heterocycles. The molecule has 6 heteroatoms. The third-order valence-corrected chi connectivity index (χ3v) is 5.29. The molecular formula is C22H22FN3O2. The molecule has 1 saturated heterocycles. The maximum Gasteiger partial charge on any atom is 0.275 e. The van der Waals surface area contributed by atoms with Crippen molar-refractivity contribution < 1.29 is 9.18 Å². The van der Waals surface area contributed by atoms with E-state index >= 15 is 0 Å². The molecule has 1 aliphatic heterocycles. The van der Waals surface area contributed by atoms with Crippen molar-refractivity contribution >= 4 is 16.7 Å². The molecule has 1 fully saturated rings. The fourth-order valence-electron chi connectivity index (χ4n) is 3.89. The van der Waals surface area contributed by atoms with Crippen LogP contribution in [0.15, 0.2) is 53.3 Å². The van der Waals surface area contributed by atoms with Crippen LogP contribution in [0, 0.1) is 5.82 Å². The number of likely N-dealkylation sites (tertiary alicyclic amines) is 1. The molecule has 0 aliphatic carbocycles. The molecule has 3 aromatic rings. The maximum absolute atomic E-state index is 13.5. The van der Waals surface area contributed by atoms with Gasteiger partial charge in [0.2, 0.25) is 0 Å². The first-order chi connectivity index (χ1) is 13.5. The van der Waals surface area contributed by atoms with Gasteiger partial charge in [0.15, 0.2) is 5.69 Å². The number of fused-ring (bicyclic) bond motifs is 1. The maximum atomic E-state index is 13.5. The van der Waals surface area contributed by atoms with Crippen LogP contribution in [0.3, 0.4) is 0 Å². The van der Waals surface area contributed by atoms with E-state index in [2.05, 4.69) is 5.10 Å². The highest BCUT2D eigenvalue weighted by Crippen LogP contribution is 2.33. The van der Waals surface area contributed by atoms with Crippen molar-refractivity contribution in [3.63, 3.8) is 0 Å². The van der Waals surface area contributed by atoms with Gasteiger partial charge in [0.1, 0.15) is 5.82 Å². The molecule has 0 saturated carbocycles. The zero-order valence-electron chi connectivity index (χ0n) is 15.9. The zero-order chi connectivity index (χ0) is 19.8. The third-order valence-electron chi connectivity index (χ3n) is 5.29. The lowest BCUT2D eigenvalue weighted by atomic mass is 10.0. The van der Waals surface area contributed by atoms with E-state index in [1.807, 2.05) is 13.8 Å². The van der Waals surface area contributed by atoms with E-state index in [4.69, 9.17) is 0 Å². The molecule has 2 aromatic carbocycles. The molecule has 1 amide bonds. The van der Waals surface area contributed by atoms with Gasteiger partial charge < -0.3 is 4.90 Å². The Bertz CT molecular complexity index is 1090. The Balaban J connectivity index is 1.81. The van der Waals surface area contributed by atoms with Gasteiger partial charge in [0, 0.05) is 11.9 Å². The average molecular weight is 379 g/mol. The number of carbonyl (C=O) groups excluding carboxylic acids is 1. The first-order valence-electron chi connectivity index (χ1n) is 9.55. The number of hydrogen-bond donors (Lipinski definition) is 0. The van der Waals surface area contributed by atoms with E-state index in [0.29, 0.717) is 17.3 Å². The lowest BCUT2D eigenvalue weighted by molar-refractivity contribution is 0.0729. The van der Waals surface area contributed by atoms with Crippen molar-refractivity contribution in [2.45, 2.75) is 38.8 Å². The average Bonchev–Trinajstić information content (AvgIpc) is 3.18. The molecule has 1 unspecified atom stereocenters. The highest BCUT2D eigenvalue weighted by Gasteiger charge is 2.32. The topological polar surface area (TPSA) is 55.2 Å². The Labute approximate surface area is 162 Å². The smallest absolute Gasteiger partial charge is 0.275 e. The first kappa shape index (κ1) is 18.3. The summed E-state index contributed by atoms with van der Waals surface area (Å²) in [5.74, 6) is -0.492. The molecule has 28 heavy (non-hydrogen) atoms. The molecule has 1 aliphatic rings. The van der Waals surface area contributed by atoms with E-state index in [-0.39, 0.29) is 35.1 Å². The fraction of sp³-hybridized carbons (Fsp3) is 0.318. The van der Waals surface area contributed by atoms with Gasteiger partial charge in [-0.1, -0.05) is 30.3 Å². The number of halogens is 1. The number of benzene rings is 2. The van der Waals surface area contributed by atoms with Crippen molar-refractivity contribution in [2.75, 3.05) is 6.54 Å². The molecule has 144 valence electrons. The van der Waals surface area contributed by atoms with Crippen LogP contribution in [0.2, 0.25) is 0 Å². The molecule has 0 radical (unpaired) electrons. The summed E-state index contributed by atoms with van der Waals surface area (Å²) < 4.78 is 14.7. The number of rotatable bonds is 3. The van der Waals surface area contributed by atoms with Crippen LogP contribution in [-0.2, 0) is 0 Å². The van der Waals surface area contributed by atoms with Gasteiger partial charge in [0.05, 0.1) is 17.5 Å². The zero-order valence-corrected chi connectivity index (χ0v) is 15.9. The second kappa shape index (κ2) is 7.19. The highest BCUT2D eigenvalue weighted by atomic mass is 19.1. The summed E-state index contributed by atoms with van der Waals surface area (Å²) in [6.07, 6.45) is 1.69. The van der Waals surface area contributed by atoms with Crippen LogP contribution in [0.4, 0.5) is 4.39 Å². The SMILES string of the molecule is CC(C)n1nc(C(=O)N2CCCC2c2ccc(F)cc2)c2ccccc2c1=O. The molecule has 1 atom stereocenters. The Hall–Kier alpha value is -3.02. The van der Waals surface area contributed by atoms with Gasteiger partial charge >= 0.3 is 0 Å². The van der Waals surface area contributed by atoms with Gasteiger partial charge in [-0.2, -0.15) is 5.10 Å². The minimum absolute atomic E-state index is 0.118. The Morgan fingerprint density at radius 3 is 2.46 bits per heavy atom. The summed E-state index contributed by atoms with van der Waals surface area (Å²) in [6.45, 7) is 4.35. The van der Waals surface area contributed by atoms with Gasteiger partial charge in [-0.25, -0.2) is 9.07 Å². The van der Waals surface area contributed by atoms with E-state index in [1.165, 1.54) is 16.8 Å². The summed E-state index contributed by atoms with van der Waals surface area (Å²) in [7, 11) is 0. The van der Waals surface area contributed by atoms with Crippen LogP contribution in [0.25, 0.3) is 10.8 Å². The molecular weight excluding hydrogens is 357 g/mol. The van der Waals surface area contributed by atoms with Crippen LogP contribution >= 0.6 is 0 Å².